The molecule has 140 valence electrons. The van der Waals surface area contributed by atoms with Crippen LogP contribution in [0.1, 0.15) is 30.9 Å². The molecule has 4 nitrogen and oxygen atoms in total. The number of amides is 1. The lowest BCUT2D eigenvalue weighted by molar-refractivity contribution is -0.120. The zero-order valence-corrected chi connectivity index (χ0v) is 16.9. The van der Waals surface area contributed by atoms with Gasteiger partial charge in [0.1, 0.15) is 5.25 Å². The molecule has 0 saturated carbocycles. The number of hydrogen-bond donors (Lipinski definition) is 1. The summed E-state index contributed by atoms with van der Waals surface area (Å²) in [5, 5.41) is 2.22. The summed E-state index contributed by atoms with van der Waals surface area (Å²) in [6.45, 7) is 3.75. The predicted octanol–water partition coefficient (Wildman–Crippen LogP) is 4.22. The maximum atomic E-state index is 12.5. The molecule has 2 rings (SSSR count). The fraction of sp³-hybridized carbons (Fsp3) is 0.316. The Bertz CT molecular complexity index is 870. The van der Waals surface area contributed by atoms with E-state index in [1.807, 2.05) is 37.3 Å². The van der Waals surface area contributed by atoms with E-state index in [0.29, 0.717) is 17.1 Å². The van der Waals surface area contributed by atoms with Crippen molar-refractivity contribution in [3.63, 3.8) is 0 Å². The summed E-state index contributed by atoms with van der Waals surface area (Å²) in [5.41, 5.74) is 1.58. The highest BCUT2D eigenvalue weighted by molar-refractivity contribution is 7.92. The summed E-state index contributed by atoms with van der Waals surface area (Å²) in [7, 11) is -3.67. The van der Waals surface area contributed by atoms with E-state index in [1.54, 1.807) is 12.1 Å². The van der Waals surface area contributed by atoms with Gasteiger partial charge < -0.3 is 5.32 Å². The molecule has 0 radical (unpaired) electrons. The molecule has 0 aromatic heterocycles. The van der Waals surface area contributed by atoms with Gasteiger partial charge in [-0.25, -0.2) is 8.42 Å². The van der Waals surface area contributed by atoms with Gasteiger partial charge in [-0.3, -0.25) is 4.79 Å². The minimum atomic E-state index is -3.67. The minimum absolute atomic E-state index is 0.0881. The lowest BCUT2D eigenvalue weighted by atomic mass is 10.0. The standard InChI is InChI=1S/C19H21Cl2NO3S/c1-13(16-6-4-3-5-7-16)11-22-19(23)14(2)26(24,25)12-15-8-9-17(20)18(21)10-15/h3-10,13-14H,11-12H2,1-2H3,(H,22,23)/t13-,14+/m1/s1. The fourth-order valence-corrected chi connectivity index (χ4v) is 4.07. The zero-order chi connectivity index (χ0) is 19.3. The third-order valence-corrected chi connectivity index (χ3v) is 6.98. The van der Waals surface area contributed by atoms with Crippen LogP contribution in [0.25, 0.3) is 0 Å². The van der Waals surface area contributed by atoms with E-state index < -0.39 is 21.0 Å². The van der Waals surface area contributed by atoms with Gasteiger partial charge in [0.2, 0.25) is 5.91 Å². The molecule has 0 saturated heterocycles. The van der Waals surface area contributed by atoms with Crippen LogP contribution in [0.4, 0.5) is 0 Å². The lowest BCUT2D eigenvalue weighted by Crippen LogP contribution is -2.39. The molecule has 0 fully saturated rings. The normalized spacial score (nSPS) is 13.8. The summed E-state index contributed by atoms with van der Waals surface area (Å²) in [4.78, 5) is 12.3. The summed E-state index contributed by atoms with van der Waals surface area (Å²) < 4.78 is 25.0. The van der Waals surface area contributed by atoms with Crippen molar-refractivity contribution < 1.29 is 13.2 Å². The number of carbonyl (C=O) groups is 1. The highest BCUT2D eigenvalue weighted by Crippen LogP contribution is 2.24. The molecule has 2 aromatic rings. The van der Waals surface area contributed by atoms with Crippen molar-refractivity contribution in [2.24, 2.45) is 0 Å². The van der Waals surface area contributed by atoms with Crippen LogP contribution in [0, 0.1) is 0 Å². The van der Waals surface area contributed by atoms with E-state index >= 15 is 0 Å². The molecule has 2 atom stereocenters. The van der Waals surface area contributed by atoms with Crippen LogP contribution in [0.5, 0.6) is 0 Å². The van der Waals surface area contributed by atoms with Crippen molar-refractivity contribution in [3.05, 3.63) is 69.7 Å². The van der Waals surface area contributed by atoms with Crippen molar-refractivity contribution in [2.45, 2.75) is 30.8 Å². The molecule has 0 aliphatic rings. The Kier molecular flexibility index (Phi) is 7.09. The molecule has 0 aliphatic carbocycles. The summed E-state index contributed by atoms with van der Waals surface area (Å²) in [6, 6.07) is 14.4. The largest absolute Gasteiger partial charge is 0.354 e. The fourth-order valence-electron chi connectivity index (χ4n) is 2.45. The van der Waals surface area contributed by atoms with Gasteiger partial charge in [-0.2, -0.15) is 0 Å². The highest BCUT2D eigenvalue weighted by Gasteiger charge is 2.28. The molecule has 0 heterocycles. The van der Waals surface area contributed by atoms with E-state index in [4.69, 9.17) is 23.2 Å². The van der Waals surface area contributed by atoms with Crippen LogP contribution >= 0.6 is 23.2 Å². The number of halogens is 2. The molecule has 0 spiro atoms. The summed E-state index contributed by atoms with van der Waals surface area (Å²) in [5.74, 6) is -0.690. The molecule has 0 bridgehead atoms. The monoisotopic (exact) mass is 413 g/mol. The molecule has 2 aromatic carbocycles. The molecular formula is C19H21Cl2NO3S. The smallest absolute Gasteiger partial charge is 0.238 e. The second-order valence-electron chi connectivity index (χ2n) is 6.25. The van der Waals surface area contributed by atoms with Gasteiger partial charge in [-0.05, 0) is 36.1 Å². The van der Waals surface area contributed by atoms with E-state index in [-0.39, 0.29) is 16.7 Å². The summed E-state index contributed by atoms with van der Waals surface area (Å²) >= 11 is 11.8. The Hall–Kier alpha value is -1.56. The zero-order valence-electron chi connectivity index (χ0n) is 14.6. The van der Waals surface area contributed by atoms with Crippen LogP contribution in [0.2, 0.25) is 10.0 Å². The van der Waals surface area contributed by atoms with Crippen molar-refractivity contribution >= 4 is 38.9 Å². The summed E-state index contributed by atoms with van der Waals surface area (Å²) in [6.07, 6.45) is 0. The molecule has 26 heavy (non-hydrogen) atoms. The Morgan fingerprint density at radius 2 is 1.69 bits per heavy atom. The minimum Gasteiger partial charge on any atom is -0.354 e. The van der Waals surface area contributed by atoms with Crippen LogP contribution in [0.15, 0.2) is 48.5 Å². The molecule has 1 N–H and O–H groups in total. The van der Waals surface area contributed by atoms with Gasteiger partial charge in [0.15, 0.2) is 9.84 Å². The first-order valence-electron chi connectivity index (χ1n) is 8.19. The Morgan fingerprint density at radius 1 is 1.04 bits per heavy atom. The predicted molar refractivity (Wildman–Crippen MR) is 106 cm³/mol. The van der Waals surface area contributed by atoms with Crippen LogP contribution in [-0.2, 0) is 20.4 Å². The van der Waals surface area contributed by atoms with Crippen LogP contribution < -0.4 is 5.32 Å². The Balaban J connectivity index is 1.98. The maximum Gasteiger partial charge on any atom is 0.238 e. The number of sulfone groups is 1. The Labute approximate surface area is 164 Å². The molecule has 7 heteroatoms. The van der Waals surface area contributed by atoms with Gasteiger partial charge in [0.25, 0.3) is 0 Å². The van der Waals surface area contributed by atoms with Crippen molar-refractivity contribution in [3.8, 4) is 0 Å². The molecular weight excluding hydrogens is 393 g/mol. The molecule has 0 aliphatic heterocycles. The highest BCUT2D eigenvalue weighted by atomic mass is 35.5. The molecule has 0 unspecified atom stereocenters. The SMILES string of the molecule is C[C@H](CNC(=O)[C@H](C)S(=O)(=O)Cc1ccc(Cl)c(Cl)c1)c1ccccc1. The average molecular weight is 414 g/mol. The Morgan fingerprint density at radius 3 is 2.31 bits per heavy atom. The number of hydrogen-bond acceptors (Lipinski definition) is 3. The van der Waals surface area contributed by atoms with E-state index in [2.05, 4.69) is 5.32 Å². The van der Waals surface area contributed by atoms with E-state index in [0.717, 1.165) is 5.56 Å². The number of carbonyl (C=O) groups excluding carboxylic acids is 1. The third kappa shape index (κ3) is 5.47. The van der Waals surface area contributed by atoms with Gasteiger partial charge >= 0.3 is 0 Å². The first kappa shape index (κ1) is 20.7. The number of rotatable bonds is 7. The topological polar surface area (TPSA) is 63.2 Å². The van der Waals surface area contributed by atoms with Crippen LogP contribution in [0.3, 0.4) is 0 Å². The number of benzene rings is 2. The van der Waals surface area contributed by atoms with E-state index in [1.165, 1.54) is 13.0 Å². The quantitative estimate of drug-likeness (QED) is 0.738. The van der Waals surface area contributed by atoms with E-state index in [9.17, 15) is 13.2 Å². The van der Waals surface area contributed by atoms with Gasteiger partial charge in [0.05, 0.1) is 15.8 Å². The second-order valence-corrected chi connectivity index (χ2v) is 9.39. The van der Waals surface area contributed by atoms with Gasteiger partial charge in [-0.1, -0.05) is 66.5 Å². The average Bonchev–Trinajstić information content (AvgIpc) is 2.62. The maximum absolute atomic E-state index is 12.5. The van der Waals surface area contributed by atoms with Crippen molar-refractivity contribution in [1.82, 2.24) is 5.32 Å². The first-order chi connectivity index (χ1) is 12.2. The molecule has 1 amide bonds. The van der Waals surface area contributed by atoms with Crippen molar-refractivity contribution in [1.29, 1.82) is 0 Å². The lowest BCUT2D eigenvalue weighted by Gasteiger charge is -2.17. The second kappa shape index (κ2) is 8.89. The van der Waals surface area contributed by atoms with Crippen molar-refractivity contribution in [2.75, 3.05) is 6.54 Å². The third-order valence-electron chi connectivity index (χ3n) is 4.21. The van der Waals surface area contributed by atoms with Gasteiger partial charge in [0, 0.05) is 6.54 Å². The first-order valence-corrected chi connectivity index (χ1v) is 10.7. The van der Waals surface area contributed by atoms with Gasteiger partial charge in [-0.15, -0.1) is 0 Å². The number of nitrogens with one attached hydrogen (secondary N) is 1. The van der Waals surface area contributed by atoms with Crippen LogP contribution in [-0.4, -0.2) is 26.1 Å².